The lowest BCUT2D eigenvalue weighted by molar-refractivity contribution is 0.220. The molecule has 0 aliphatic heterocycles. The first-order valence-electron chi connectivity index (χ1n) is 4.97. The van der Waals surface area contributed by atoms with Gasteiger partial charge in [0.25, 0.3) is 0 Å². The van der Waals surface area contributed by atoms with Crippen molar-refractivity contribution in [3.63, 3.8) is 0 Å². The van der Waals surface area contributed by atoms with E-state index >= 15 is 0 Å². The van der Waals surface area contributed by atoms with E-state index in [9.17, 15) is 0 Å². The number of hydrogen-bond donors (Lipinski definition) is 2. The number of aromatic nitrogens is 2. The van der Waals surface area contributed by atoms with Crippen LogP contribution in [-0.4, -0.2) is 28.2 Å². The number of aliphatic hydroxyl groups is 1. The normalized spacial score (nSPS) is 11.6. The van der Waals surface area contributed by atoms with Crippen LogP contribution in [-0.2, 0) is 0 Å². The highest BCUT2D eigenvalue weighted by molar-refractivity contribution is 9.10. The molecule has 0 aromatic carbocycles. The number of nitrogens with one attached hydrogen (secondary N) is 1. The molecule has 6 heteroatoms. The van der Waals surface area contributed by atoms with Gasteiger partial charge in [-0.2, -0.15) is 4.98 Å². The van der Waals surface area contributed by atoms with E-state index in [1.165, 1.54) is 0 Å². The highest BCUT2D eigenvalue weighted by atomic mass is 79.9. The summed E-state index contributed by atoms with van der Waals surface area (Å²) >= 11 is 9.05. The van der Waals surface area contributed by atoms with Crippen LogP contribution in [0.2, 0.25) is 5.28 Å². The molecule has 4 nitrogen and oxygen atoms in total. The van der Waals surface area contributed by atoms with Gasteiger partial charge in [-0.1, -0.05) is 13.8 Å². The molecule has 1 rings (SSSR count). The largest absolute Gasteiger partial charge is 0.396 e. The lowest BCUT2D eigenvalue weighted by atomic mass is 9.90. The van der Waals surface area contributed by atoms with Crippen molar-refractivity contribution in [1.29, 1.82) is 0 Å². The first kappa shape index (κ1) is 13.7. The van der Waals surface area contributed by atoms with Crippen molar-refractivity contribution in [2.45, 2.75) is 20.3 Å². The van der Waals surface area contributed by atoms with Gasteiger partial charge in [0.1, 0.15) is 5.82 Å². The Kier molecular flexibility index (Phi) is 4.95. The van der Waals surface area contributed by atoms with Gasteiger partial charge >= 0.3 is 0 Å². The molecule has 0 fully saturated rings. The molecule has 0 bridgehead atoms. The minimum absolute atomic E-state index is 0.00557. The Labute approximate surface area is 109 Å². The second kappa shape index (κ2) is 5.80. The number of halogens is 2. The van der Waals surface area contributed by atoms with Crippen molar-refractivity contribution in [2.24, 2.45) is 5.41 Å². The number of nitrogens with zero attached hydrogens (tertiary/aromatic N) is 2. The summed E-state index contributed by atoms with van der Waals surface area (Å²) in [5.41, 5.74) is 0.00557. The summed E-state index contributed by atoms with van der Waals surface area (Å²) in [6.07, 6.45) is 2.34. The molecule has 16 heavy (non-hydrogen) atoms. The van der Waals surface area contributed by atoms with Gasteiger partial charge < -0.3 is 10.4 Å². The van der Waals surface area contributed by atoms with Crippen molar-refractivity contribution < 1.29 is 5.11 Å². The second-order valence-electron chi connectivity index (χ2n) is 4.33. The zero-order chi connectivity index (χ0) is 12.2. The van der Waals surface area contributed by atoms with Crippen LogP contribution < -0.4 is 5.32 Å². The number of aliphatic hydroxyl groups excluding tert-OH is 1. The van der Waals surface area contributed by atoms with Gasteiger partial charge in [-0.25, -0.2) is 4.98 Å². The summed E-state index contributed by atoms with van der Waals surface area (Å²) in [5, 5.41) is 12.3. The summed E-state index contributed by atoms with van der Waals surface area (Å²) < 4.78 is 0.775. The smallest absolute Gasteiger partial charge is 0.224 e. The van der Waals surface area contributed by atoms with Gasteiger partial charge in [-0.15, -0.1) is 0 Å². The third kappa shape index (κ3) is 4.23. The second-order valence-corrected chi connectivity index (χ2v) is 5.52. The van der Waals surface area contributed by atoms with E-state index in [-0.39, 0.29) is 17.3 Å². The van der Waals surface area contributed by atoms with E-state index in [0.29, 0.717) is 12.4 Å². The Hall–Kier alpha value is -0.390. The molecule has 0 unspecified atom stereocenters. The van der Waals surface area contributed by atoms with E-state index < -0.39 is 0 Å². The van der Waals surface area contributed by atoms with Gasteiger partial charge in [-0.05, 0) is 39.4 Å². The van der Waals surface area contributed by atoms with E-state index in [4.69, 9.17) is 16.7 Å². The Morgan fingerprint density at radius 2 is 2.25 bits per heavy atom. The Morgan fingerprint density at radius 3 is 2.88 bits per heavy atom. The Bertz CT molecular complexity index is 360. The maximum atomic E-state index is 8.91. The first-order chi connectivity index (χ1) is 7.44. The molecule has 1 heterocycles. The van der Waals surface area contributed by atoms with Crippen LogP contribution in [0.25, 0.3) is 0 Å². The van der Waals surface area contributed by atoms with Crippen molar-refractivity contribution in [2.75, 3.05) is 18.5 Å². The predicted molar refractivity (Wildman–Crippen MR) is 68.7 cm³/mol. The number of hydrogen-bond acceptors (Lipinski definition) is 4. The topological polar surface area (TPSA) is 58.0 Å². The molecule has 0 spiro atoms. The summed E-state index contributed by atoms with van der Waals surface area (Å²) in [6.45, 7) is 5.04. The average molecular weight is 309 g/mol. The fourth-order valence-corrected chi connectivity index (χ4v) is 1.65. The zero-order valence-corrected chi connectivity index (χ0v) is 11.6. The monoisotopic (exact) mass is 307 g/mol. The van der Waals surface area contributed by atoms with Crippen molar-refractivity contribution in [3.05, 3.63) is 16.0 Å². The van der Waals surface area contributed by atoms with Crippen LogP contribution in [0.4, 0.5) is 5.82 Å². The van der Waals surface area contributed by atoms with Crippen molar-refractivity contribution in [3.8, 4) is 0 Å². The molecule has 90 valence electrons. The van der Waals surface area contributed by atoms with Gasteiger partial charge in [0, 0.05) is 19.3 Å². The summed E-state index contributed by atoms with van der Waals surface area (Å²) in [7, 11) is 0. The Morgan fingerprint density at radius 1 is 1.56 bits per heavy atom. The van der Waals surface area contributed by atoms with Crippen LogP contribution in [0.1, 0.15) is 20.3 Å². The van der Waals surface area contributed by atoms with Crippen LogP contribution in [0, 0.1) is 5.41 Å². The molecule has 0 amide bonds. The standard InChI is InChI=1S/C10H15BrClN3O/c1-10(2,3-4-16)6-14-8-7(11)5-13-9(12)15-8/h5,16H,3-4,6H2,1-2H3,(H,13,14,15). The average Bonchev–Trinajstić information content (AvgIpc) is 2.19. The first-order valence-corrected chi connectivity index (χ1v) is 6.14. The molecular formula is C10H15BrClN3O. The van der Waals surface area contributed by atoms with Crippen molar-refractivity contribution >= 4 is 33.3 Å². The summed E-state index contributed by atoms with van der Waals surface area (Å²) in [4.78, 5) is 7.92. The minimum Gasteiger partial charge on any atom is -0.396 e. The fraction of sp³-hybridized carbons (Fsp3) is 0.600. The van der Waals surface area contributed by atoms with Gasteiger partial charge in [0.15, 0.2) is 0 Å². The van der Waals surface area contributed by atoms with Crippen molar-refractivity contribution in [1.82, 2.24) is 9.97 Å². The summed E-state index contributed by atoms with van der Waals surface area (Å²) in [6, 6.07) is 0. The van der Waals surface area contributed by atoms with E-state index in [2.05, 4.69) is 45.1 Å². The van der Waals surface area contributed by atoms with Gasteiger partial charge in [0.2, 0.25) is 5.28 Å². The molecule has 0 saturated heterocycles. The fourth-order valence-electron chi connectivity index (χ4n) is 1.18. The lowest BCUT2D eigenvalue weighted by Crippen LogP contribution is -2.24. The SMILES string of the molecule is CC(C)(CCO)CNc1nc(Cl)ncc1Br. The quantitative estimate of drug-likeness (QED) is 0.821. The van der Waals surface area contributed by atoms with E-state index in [1.807, 2.05) is 0 Å². The van der Waals surface area contributed by atoms with Crippen LogP contribution in [0.5, 0.6) is 0 Å². The molecule has 0 aliphatic carbocycles. The molecule has 0 radical (unpaired) electrons. The molecule has 0 aliphatic rings. The molecule has 0 atom stereocenters. The molecule has 0 saturated carbocycles. The maximum Gasteiger partial charge on any atom is 0.224 e. The van der Waals surface area contributed by atoms with Gasteiger partial charge in [-0.3, -0.25) is 0 Å². The number of anilines is 1. The number of rotatable bonds is 5. The van der Waals surface area contributed by atoms with Crippen LogP contribution in [0.3, 0.4) is 0 Å². The Balaban J connectivity index is 2.63. The zero-order valence-electron chi connectivity index (χ0n) is 9.30. The summed E-state index contributed by atoms with van der Waals surface area (Å²) in [5.74, 6) is 0.672. The molecule has 1 aromatic rings. The van der Waals surface area contributed by atoms with Gasteiger partial charge in [0.05, 0.1) is 4.47 Å². The third-order valence-electron chi connectivity index (χ3n) is 2.24. The molecule has 1 aromatic heterocycles. The predicted octanol–water partition coefficient (Wildman–Crippen LogP) is 2.71. The third-order valence-corrected chi connectivity index (χ3v) is 3.00. The minimum atomic E-state index is 0.00557. The highest BCUT2D eigenvalue weighted by Crippen LogP contribution is 2.24. The van der Waals surface area contributed by atoms with E-state index in [0.717, 1.165) is 10.9 Å². The molecular weight excluding hydrogens is 293 g/mol. The highest BCUT2D eigenvalue weighted by Gasteiger charge is 2.17. The van der Waals surface area contributed by atoms with Crippen LogP contribution in [0.15, 0.2) is 10.7 Å². The van der Waals surface area contributed by atoms with E-state index in [1.54, 1.807) is 6.20 Å². The lowest BCUT2D eigenvalue weighted by Gasteiger charge is -2.24. The molecule has 2 N–H and O–H groups in total. The van der Waals surface area contributed by atoms with Crippen LogP contribution >= 0.6 is 27.5 Å². The maximum absolute atomic E-state index is 8.91.